The molecule has 2 atom stereocenters. The first kappa shape index (κ1) is 50.7. The zero-order valence-electron chi connectivity index (χ0n) is 34.6. The van der Waals surface area contributed by atoms with Crippen LogP contribution in [0.3, 0.4) is 0 Å². The van der Waals surface area contributed by atoms with Gasteiger partial charge < -0.3 is 28.5 Å². The molecule has 1 N–H and O–H groups in total. The second kappa shape index (κ2) is 36.7. The summed E-state index contributed by atoms with van der Waals surface area (Å²) >= 11 is 0. The molecule has 0 heterocycles. The van der Waals surface area contributed by atoms with Crippen molar-refractivity contribution in [3.05, 3.63) is 72.9 Å². The van der Waals surface area contributed by atoms with E-state index in [4.69, 9.17) is 18.9 Å². The van der Waals surface area contributed by atoms with Crippen LogP contribution in [0.25, 0.3) is 0 Å². The highest BCUT2D eigenvalue weighted by Crippen LogP contribution is 2.12. The number of nitrogens with zero attached hydrogens (tertiary/aromatic N) is 1. The van der Waals surface area contributed by atoms with Crippen molar-refractivity contribution in [1.82, 2.24) is 0 Å². The van der Waals surface area contributed by atoms with E-state index in [0.29, 0.717) is 17.4 Å². The van der Waals surface area contributed by atoms with Crippen molar-refractivity contribution < 1.29 is 42.9 Å². The first-order chi connectivity index (χ1) is 26.1. The average Bonchev–Trinajstić information content (AvgIpc) is 3.12. The molecule has 0 aliphatic carbocycles. The summed E-state index contributed by atoms with van der Waals surface area (Å²) in [7, 11) is 5.92. The average molecular weight is 759 g/mol. The van der Waals surface area contributed by atoms with Crippen molar-refractivity contribution in [1.29, 1.82) is 0 Å². The SMILES string of the molecule is CC/C=C\C/C=C\C/C=C\C/C=C\C/C=C\C/C=C\CCC(=O)OC(COC(=O)CCCCCCCCCCCC)COC(OCC[N+](C)(C)C)C(=O)O. The van der Waals surface area contributed by atoms with Gasteiger partial charge >= 0.3 is 17.9 Å². The highest BCUT2D eigenvalue weighted by atomic mass is 16.7. The summed E-state index contributed by atoms with van der Waals surface area (Å²) in [5, 5.41) is 9.60. The monoisotopic (exact) mass is 759 g/mol. The summed E-state index contributed by atoms with van der Waals surface area (Å²) in [4.78, 5) is 36.9. The number of aliphatic carboxylic acids is 1. The predicted octanol–water partition coefficient (Wildman–Crippen LogP) is 10.4. The molecule has 308 valence electrons. The van der Waals surface area contributed by atoms with E-state index in [1.165, 1.54) is 44.9 Å². The number of hydrogen-bond donors (Lipinski definition) is 1. The first-order valence-electron chi connectivity index (χ1n) is 20.6. The minimum atomic E-state index is -1.53. The summed E-state index contributed by atoms with van der Waals surface area (Å²) in [6.07, 6.45) is 41.2. The molecule has 0 saturated carbocycles. The standard InChI is InChI=1S/C45H75NO8/c1-6-8-10-12-14-16-18-19-20-21-22-23-24-25-26-28-30-32-34-36-43(48)54-41(40-53-45(44(49)50)51-38-37-46(3,4)5)39-52-42(47)35-33-31-29-27-17-15-13-11-9-7-2/h8,10,14,16,19-20,22-23,25-26,30,32,41,45H,6-7,9,11-13,15,17-18,21,24,27-29,31,33-40H2,1-5H3/p+1/b10-8-,16-14-,20-19-,23-22-,26-25-,32-30-. The van der Waals surface area contributed by atoms with Gasteiger partial charge in [0.05, 0.1) is 34.4 Å². The van der Waals surface area contributed by atoms with E-state index in [2.05, 4.69) is 74.6 Å². The fraction of sp³-hybridized carbons (Fsp3) is 0.667. The fourth-order valence-electron chi connectivity index (χ4n) is 5.04. The molecule has 0 fully saturated rings. The maximum Gasteiger partial charge on any atom is 0.361 e. The normalized spacial score (nSPS) is 13.7. The Balaban J connectivity index is 4.63. The van der Waals surface area contributed by atoms with E-state index >= 15 is 0 Å². The lowest BCUT2D eigenvalue weighted by Gasteiger charge is -2.25. The molecule has 0 rings (SSSR count). The lowest BCUT2D eigenvalue weighted by Crippen LogP contribution is -2.40. The van der Waals surface area contributed by atoms with Gasteiger partial charge in [-0.15, -0.1) is 0 Å². The summed E-state index contributed by atoms with van der Waals surface area (Å²) < 4.78 is 22.5. The molecule has 0 saturated heterocycles. The molecular formula is C45H76NO8+. The lowest BCUT2D eigenvalue weighted by atomic mass is 10.1. The minimum absolute atomic E-state index is 0.133. The van der Waals surface area contributed by atoms with Crippen LogP contribution in [0.2, 0.25) is 0 Å². The van der Waals surface area contributed by atoms with Crippen LogP contribution < -0.4 is 0 Å². The second-order valence-corrected chi connectivity index (χ2v) is 14.6. The third-order valence-electron chi connectivity index (χ3n) is 8.24. The number of carbonyl (C=O) groups excluding carboxylic acids is 2. The number of allylic oxidation sites excluding steroid dienone is 12. The van der Waals surface area contributed by atoms with Crippen molar-refractivity contribution in [3.63, 3.8) is 0 Å². The van der Waals surface area contributed by atoms with Gasteiger partial charge in [-0.2, -0.15) is 0 Å². The van der Waals surface area contributed by atoms with Crippen LogP contribution in [-0.4, -0.2) is 87.4 Å². The Hall–Kier alpha value is -3.27. The summed E-state index contributed by atoms with van der Waals surface area (Å²) in [6.45, 7) is 4.62. The number of carbonyl (C=O) groups is 3. The van der Waals surface area contributed by atoms with E-state index < -0.39 is 24.3 Å². The Morgan fingerprint density at radius 1 is 0.574 bits per heavy atom. The molecule has 2 unspecified atom stereocenters. The van der Waals surface area contributed by atoms with Gasteiger partial charge in [0, 0.05) is 12.8 Å². The summed E-state index contributed by atoms with van der Waals surface area (Å²) in [6, 6.07) is 0. The van der Waals surface area contributed by atoms with Crippen LogP contribution in [0.1, 0.15) is 136 Å². The fourth-order valence-corrected chi connectivity index (χ4v) is 5.04. The third kappa shape index (κ3) is 37.1. The largest absolute Gasteiger partial charge is 0.477 e. The van der Waals surface area contributed by atoms with Gasteiger partial charge in [0.2, 0.25) is 0 Å². The van der Waals surface area contributed by atoms with Gasteiger partial charge in [-0.25, -0.2) is 4.79 Å². The smallest absolute Gasteiger partial charge is 0.361 e. The quantitative estimate of drug-likeness (QED) is 0.0221. The minimum Gasteiger partial charge on any atom is -0.477 e. The Kier molecular flexibility index (Phi) is 34.5. The van der Waals surface area contributed by atoms with Gasteiger partial charge in [-0.3, -0.25) is 9.59 Å². The zero-order valence-corrected chi connectivity index (χ0v) is 34.6. The molecule has 0 amide bonds. The number of ether oxygens (including phenoxy) is 4. The number of rotatable bonds is 36. The van der Waals surface area contributed by atoms with E-state index in [1.807, 2.05) is 33.3 Å². The highest BCUT2D eigenvalue weighted by molar-refractivity contribution is 5.71. The van der Waals surface area contributed by atoms with E-state index in [0.717, 1.165) is 57.8 Å². The van der Waals surface area contributed by atoms with E-state index in [-0.39, 0.29) is 38.6 Å². The molecule has 0 aromatic rings. The van der Waals surface area contributed by atoms with E-state index in [9.17, 15) is 19.5 Å². The molecule has 0 aliphatic rings. The van der Waals surface area contributed by atoms with Gasteiger partial charge in [0.25, 0.3) is 6.29 Å². The summed E-state index contributed by atoms with van der Waals surface area (Å²) in [5.74, 6) is -2.13. The highest BCUT2D eigenvalue weighted by Gasteiger charge is 2.25. The number of hydrogen-bond acceptors (Lipinski definition) is 7. The number of quaternary nitrogens is 1. The predicted molar refractivity (Wildman–Crippen MR) is 221 cm³/mol. The van der Waals surface area contributed by atoms with Gasteiger partial charge in [-0.1, -0.05) is 145 Å². The van der Waals surface area contributed by atoms with Gasteiger partial charge in [0.15, 0.2) is 6.10 Å². The molecule has 9 heteroatoms. The Morgan fingerprint density at radius 2 is 1.06 bits per heavy atom. The lowest BCUT2D eigenvalue weighted by molar-refractivity contribution is -0.870. The van der Waals surface area contributed by atoms with Crippen LogP contribution in [0.15, 0.2) is 72.9 Å². The third-order valence-corrected chi connectivity index (χ3v) is 8.24. The second-order valence-electron chi connectivity index (χ2n) is 14.6. The molecule has 0 aliphatic heterocycles. The molecule has 0 spiro atoms. The first-order valence-corrected chi connectivity index (χ1v) is 20.6. The Morgan fingerprint density at radius 3 is 1.54 bits per heavy atom. The van der Waals surface area contributed by atoms with Crippen LogP contribution >= 0.6 is 0 Å². The van der Waals surface area contributed by atoms with Crippen molar-refractivity contribution in [2.24, 2.45) is 0 Å². The van der Waals surface area contributed by atoms with Crippen LogP contribution in [-0.2, 0) is 33.3 Å². The maximum atomic E-state index is 12.7. The number of esters is 2. The number of carboxylic acid groups (broad SMARTS) is 1. The maximum absolute atomic E-state index is 12.7. The molecular weight excluding hydrogens is 682 g/mol. The molecule has 0 aromatic carbocycles. The molecule has 0 bridgehead atoms. The molecule has 0 aromatic heterocycles. The van der Waals surface area contributed by atoms with Crippen molar-refractivity contribution in [3.8, 4) is 0 Å². The van der Waals surface area contributed by atoms with Crippen molar-refractivity contribution in [2.45, 2.75) is 148 Å². The summed E-state index contributed by atoms with van der Waals surface area (Å²) in [5.41, 5.74) is 0. The Bertz CT molecular complexity index is 1120. The van der Waals surface area contributed by atoms with Gasteiger partial charge in [0.1, 0.15) is 13.2 Å². The number of carboxylic acids is 1. The van der Waals surface area contributed by atoms with Crippen molar-refractivity contribution >= 4 is 17.9 Å². The Labute approximate surface area is 328 Å². The molecule has 54 heavy (non-hydrogen) atoms. The molecule has 9 nitrogen and oxygen atoms in total. The zero-order chi connectivity index (χ0) is 40.0. The van der Waals surface area contributed by atoms with Gasteiger partial charge in [-0.05, 0) is 51.4 Å². The van der Waals surface area contributed by atoms with Crippen LogP contribution in [0, 0.1) is 0 Å². The topological polar surface area (TPSA) is 108 Å². The van der Waals surface area contributed by atoms with Crippen molar-refractivity contribution in [2.75, 3.05) is 47.5 Å². The van der Waals surface area contributed by atoms with Crippen LogP contribution in [0.4, 0.5) is 0 Å². The molecule has 0 radical (unpaired) electrons. The number of unbranched alkanes of at least 4 members (excludes halogenated alkanes) is 9. The number of likely N-dealkylation sites (N-methyl/N-ethyl adjacent to an activating group) is 1. The van der Waals surface area contributed by atoms with Crippen LogP contribution in [0.5, 0.6) is 0 Å². The van der Waals surface area contributed by atoms with E-state index in [1.54, 1.807) is 0 Å².